The van der Waals surface area contributed by atoms with Crippen LogP contribution in [0.3, 0.4) is 0 Å². The molecule has 3 nitrogen and oxygen atoms in total. The van der Waals surface area contributed by atoms with Crippen molar-refractivity contribution in [3.63, 3.8) is 0 Å². The van der Waals surface area contributed by atoms with Crippen molar-refractivity contribution in [2.45, 2.75) is 19.4 Å². The van der Waals surface area contributed by atoms with Crippen LogP contribution in [0.15, 0.2) is 48.5 Å². The Kier molecular flexibility index (Phi) is 6.35. The monoisotopic (exact) mass is 332 g/mol. The second-order valence-electron chi connectivity index (χ2n) is 5.25. The molecule has 0 radical (unpaired) electrons. The van der Waals surface area contributed by atoms with Crippen LogP contribution >= 0.6 is 12.2 Å². The summed E-state index contributed by atoms with van der Waals surface area (Å²) in [6.45, 7) is 2.69. The molecule has 0 bridgehead atoms. The van der Waals surface area contributed by atoms with Crippen LogP contribution in [-0.2, 0) is 6.42 Å². The van der Waals surface area contributed by atoms with Crippen LogP contribution in [0.2, 0.25) is 0 Å². The molecule has 0 saturated heterocycles. The number of hydrogen-bond acceptors (Lipinski definition) is 2. The molecule has 0 aliphatic rings. The molecule has 1 atom stereocenters. The number of thiocarbonyl (C=S) groups is 1. The first-order chi connectivity index (χ1) is 11.1. The van der Waals surface area contributed by atoms with Crippen LogP contribution in [0.1, 0.15) is 24.1 Å². The predicted octanol–water partition coefficient (Wildman–Crippen LogP) is 3.60. The molecule has 0 aliphatic heterocycles. The van der Waals surface area contributed by atoms with Crippen LogP contribution < -0.4 is 15.4 Å². The quantitative estimate of drug-likeness (QED) is 0.792. The second kappa shape index (κ2) is 8.48. The summed E-state index contributed by atoms with van der Waals surface area (Å²) in [5, 5.41) is 6.89. The lowest BCUT2D eigenvalue weighted by Gasteiger charge is -2.18. The van der Waals surface area contributed by atoms with Gasteiger partial charge in [-0.1, -0.05) is 36.4 Å². The second-order valence-corrected chi connectivity index (χ2v) is 5.66. The molecule has 0 aromatic heterocycles. The first-order valence-electron chi connectivity index (χ1n) is 7.52. The normalized spacial score (nSPS) is 11.6. The third kappa shape index (κ3) is 5.21. The fraction of sp³-hybridized carbons (Fsp3) is 0.278. The minimum atomic E-state index is -0.374. The van der Waals surface area contributed by atoms with E-state index in [-0.39, 0.29) is 17.6 Å². The van der Waals surface area contributed by atoms with Gasteiger partial charge in [0.1, 0.15) is 0 Å². The number of nitrogens with one attached hydrogen (secondary N) is 2. The highest BCUT2D eigenvalue weighted by Crippen LogP contribution is 2.21. The Labute approximate surface area is 141 Å². The molecule has 2 rings (SSSR count). The maximum Gasteiger partial charge on any atom is 0.166 e. The fourth-order valence-corrected chi connectivity index (χ4v) is 2.53. The van der Waals surface area contributed by atoms with E-state index in [1.165, 1.54) is 18.7 Å². The lowest BCUT2D eigenvalue weighted by Crippen LogP contribution is -2.37. The summed E-state index contributed by atoms with van der Waals surface area (Å²) < 4.78 is 18.7. The molecule has 2 aromatic carbocycles. The zero-order valence-electron chi connectivity index (χ0n) is 13.3. The van der Waals surface area contributed by atoms with Gasteiger partial charge in [-0.2, -0.15) is 0 Å². The third-order valence-electron chi connectivity index (χ3n) is 3.57. The van der Waals surface area contributed by atoms with Crippen LogP contribution in [0.5, 0.6) is 5.75 Å². The van der Waals surface area contributed by atoms with Crippen molar-refractivity contribution < 1.29 is 9.13 Å². The fourth-order valence-electron chi connectivity index (χ4n) is 2.25. The molecule has 0 fully saturated rings. The number of rotatable bonds is 6. The topological polar surface area (TPSA) is 33.3 Å². The molecule has 0 unspecified atom stereocenters. The number of methoxy groups -OCH3 is 1. The van der Waals surface area contributed by atoms with Gasteiger partial charge in [0.05, 0.1) is 13.2 Å². The third-order valence-corrected chi connectivity index (χ3v) is 3.83. The van der Waals surface area contributed by atoms with Crippen molar-refractivity contribution in [2.75, 3.05) is 13.7 Å². The van der Waals surface area contributed by atoms with Gasteiger partial charge >= 0.3 is 0 Å². The average Bonchev–Trinajstić information content (AvgIpc) is 2.55. The van der Waals surface area contributed by atoms with Gasteiger partial charge in [-0.3, -0.25) is 0 Å². The van der Waals surface area contributed by atoms with Gasteiger partial charge in [0, 0.05) is 6.54 Å². The van der Waals surface area contributed by atoms with Gasteiger partial charge in [-0.15, -0.1) is 0 Å². The standard InChI is InChI=1S/C18H21FN2OS/c1-13(15-8-9-17(22-2)16(19)12-15)21-18(23)20-11-10-14-6-4-3-5-7-14/h3-9,12-13H,10-11H2,1-2H3,(H2,20,21,23)/t13-/m1/s1. The predicted molar refractivity (Wildman–Crippen MR) is 95.2 cm³/mol. The summed E-state index contributed by atoms with van der Waals surface area (Å²) >= 11 is 5.29. The van der Waals surface area contributed by atoms with Crippen LogP contribution in [-0.4, -0.2) is 18.8 Å². The van der Waals surface area contributed by atoms with Crippen molar-refractivity contribution in [3.05, 3.63) is 65.5 Å². The Balaban J connectivity index is 1.81. The number of ether oxygens (including phenoxy) is 1. The van der Waals surface area contributed by atoms with Crippen molar-refractivity contribution in [2.24, 2.45) is 0 Å². The summed E-state index contributed by atoms with van der Waals surface area (Å²) in [7, 11) is 1.45. The molecule has 23 heavy (non-hydrogen) atoms. The van der Waals surface area contributed by atoms with E-state index in [9.17, 15) is 4.39 Å². The highest BCUT2D eigenvalue weighted by atomic mass is 32.1. The molecular weight excluding hydrogens is 311 g/mol. The zero-order chi connectivity index (χ0) is 16.7. The Morgan fingerprint density at radius 2 is 1.96 bits per heavy atom. The molecular formula is C18H21FN2OS. The molecule has 0 aliphatic carbocycles. The summed E-state index contributed by atoms with van der Waals surface area (Å²) in [6.07, 6.45) is 0.897. The zero-order valence-corrected chi connectivity index (χ0v) is 14.1. The first-order valence-corrected chi connectivity index (χ1v) is 7.92. The molecule has 2 aromatic rings. The van der Waals surface area contributed by atoms with E-state index >= 15 is 0 Å². The van der Waals surface area contributed by atoms with Crippen LogP contribution in [0, 0.1) is 5.82 Å². The van der Waals surface area contributed by atoms with Gasteiger partial charge in [0.15, 0.2) is 16.7 Å². The van der Waals surface area contributed by atoms with E-state index in [2.05, 4.69) is 22.8 Å². The Morgan fingerprint density at radius 3 is 2.61 bits per heavy atom. The summed E-state index contributed by atoms with van der Waals surface area (Å²) in [6, 6.07) is 15.0. The van der Waals surface area contributed by atoms with Gasteiger partial charge in [-0.05, 0) is 48.8 Å². The highest BCUT2D eigenvalue weighted by molar-refractivity contribution is 7.80. The highest BCUT2D eigenvalue weighted by Gasteiger charge is 2.10. The Morgan fingerprint density at radius 1 is 1.22 bits per heavy atom. The van der Waals surface area contributed by atoms with Crippen molar-refractivity contribution in [1.29, 1.82) is 0 Å². The molecule has 2 N–H and O–H groups in total. The van der Waals surface area contributed by atoms with Gasteiger partial charge < -0.3 is 15.4 Å². The van der Waals surface area contributed by atoms with Crippen LogP contribution in [0.4, 0.5) is 4.39 Å². The summed E-state index contributed by atoms with van der Waals surface area (Å²) in [4.78, 5) is 0. The largest absolute Gasteiger partial charge is 0.494 e. The van der Waals surface area contributed by atoms with Crippen molar-refractivity contribution in [3.8, 4) is 5.75 Å². The van der Waals surface area contributed by atoms with Gasteiger partial charge in [-0.25, -0.2) is 4.39 Å². The molecule has 0 heterocycles. The Bertz CT molecular complexity index is 649. The van der Waals surface area contributed by atoms with Crippen LogP contribution in [0.25, 0.3) is 0 Å². The number of halogens is 1. The number of hydrogen-bond donors (Lipinski definition) is 2. The molecule has 122 valence electrons. The van der Waals surface area contributed by atoms with E-state index in [1.807, 2.05) is 31.2 Å². The molecule has 0 saturated carbocycles. The SMILES string of the molecule is COc1ccc([C@@H](C)NC(=S)NCCc2ccccc2)cc1F. The summed E-state index contributed by atoms with van der Waals surface area (Å²) in [5.41, 5.74) is 2.07. The van der Waals surface area contributed by atoms with Gasteiger partial charge in [0.25, 0.3) is 0 Å². The number of benzene rings is 2. The van der Waals surface area contributed by atoms with E-state index < -0.39 is 0 Å². The molecule has 0 amide bonds. The minimum absolute atomic E-state index is 0.0906. The Hall–Kier alpha value is -2.14. The van der Waals surface area contributed by atoms with E-state index in [4.69, 9.17) is 17.0 Å². The van der Waals surface area contributed by atoms with Crippen molar-refractivity contribution >= 4 is 17.3 Å². The molecule has 5 heteroatoms. The summed E-state index contributed by atoms with van der Waals surface area (Å²) in [5.74, 6) is -0.133. The van der Waals surface area contributed by atoms with E-state index in [0.29, 0.717) is 5.11 Å². The lowest BCUT2D eigenvalue weighted by atomic mass is 10.1. The van der Waals surface area contributed by atoms with Crippen molar-refractivity contribution in [1.82, 2.24) is 10.6 Å². The maximum atomic E-state index is 13.7. The first kappa shape index (κ1) is 17.2. The average molecular weight is 332 g/mol. The molecule has 0 spiro atoms. The van der Waals surface area contributed by atoms with Gasteiger partial charge in [0.2, 0.25) is 0 Å². The maximum absolute atomic E-state index is 13.7. The van der Waals surface area contributed by atoms with E-state index in [0.717, 1.165) is 18.5 Å². The smallest absolute Gasteiger partial charge is 0.166 e. The van der Waals surface area contributed by atoms with E-state index in [1.54, 1.807) is 6.07 Å². The minimum Gasteiger partial charge on any atom is -0.494 e. The lowest BCUT2D eigenvalue weighted by molar-refractivity contribution is 0.386.